The topological polar surface area (TPSA) is 142 Å². The van der Waals surface area contributed by atoms with Gasteiger partial charge in [-0.05, 0) is 55.1 Å². The Kier molecular flexibility index (Phi) is 11.3. The first-order valence-corrected chi connectivity index (χ1v) is 19.1. The van der Waals surface area contributed by atoms with Crippen LogP contribution in [0, 0.1) is 0 Å². The molecule has 1 aromatic carbocycles. The number of hydrogen-bond donors (Lipinski definition) is 3. The molecule has 2 aliphatic rings. The van der Waals surface area contributed by atoms with Crippen LogP contribution in [0.3, 0.4) is 0 Å². The van der Waals surface area contributed by atoms with Crippen LogP contribution in [0.1, 0.15) is 86.5 Å². The van der Waals surface area contributed by atoms with Crippen molar-refractivity contribution in [1.82, 2.24) is 0 Å². The monoisotopic (exact) mass is 641 g/mol. The summed E-state index contributed by atoms with van der Waals surface area (Å²) in [5, 5.41) is 25.1. The van der Waals surface area contributed by atoms with E-state index < -0.39 is 65.5 Å². The van der Waals surface area contributed by atoms with E-state index >= 15 is 0 Å². The van der Waals surface area contributed by atoms with Crippen molar-refractivity contribution in [2.45, 2.75) is 135 Å². The van der Waals surface area contributed by atoms with E-state index in [9.17, 15) is 19.8 Å². The van der Waals surface area contributed by atoms with Gasteiger partial charge in [-0.25, -0.2) is 9.59 Å². The van der Waals surface area contributed by atoms with Crippen LogP contribution in [0.25, 0.3) is 0 Å². The summed E-state index contributed by atoms with van der Waals surface area (Å²) in [7, 11) is -5.97. The third-order valence-corrected chi connectivity index (χ3v) is 18.2. The molecule has 13 heteroatoms. The number of fused-ring (bicyclic) bond motifs is 1. The molecule has 0 spiro atoms. The molecule has 2 heterocycles. The summed E-state index contributed by atoms with van der Waals surface area (Å²) in [5.74, 6) is -0.862. The number of amides is 1. The van der Waals surface area contributed by atoms with Crippen molar-refractivity contribution in [2.24, 2.45) is 0 Å². The van der Waals surface area contributed by atoms with Crippen molar-refractivity contribution in [2.75, 3.05) is 11.9 Å². The molecule has 1 amide bonds. The minimum Gasteiger partial charge on any atom is -0.444 e. The second-order valence-corrected chi connectivity index (χ2v) is 22.5. The molecule has 244 valence electrons. The van der Waals surface area contributed by atoms with Crippen LogP contribution in [0.5, 0.6) is 0 Å². The number of anilines is 1. The molecule has 2 fully saturated rings. The van der Waals surface area contributed by atoms with Crippen molar-refractivity contribution in [3.63, 3.8) is 0 Å². The lowest BCUT2D eigenvalue weighted by Crippen LogP contribution is -2.70. The van der Waals surface area contributed by atoms with E-state index in [0.29, 0.717) is 0 Å². The Morgan fingerprint density at radius 1 is 0.907 bits per heavy atom. The predicted molar refractivity (Wildman–Crippen MR) is 166 cm³/mol. The Hall–Kier alpha value is -1.85. The van der Waals surface area contributed by atoms with Crippen LogP contribution in [-0.4, -0.2) is 82.3 Å². The highest BCUT2D eigenvalue weighted by Crippen LogP contribution is 2.47. The van der Waals surface area contributed by atoms with Gasteiger partial charge in [-0.15, -0.1) is 0 Å². The number of carbonyl (C=O) groups excluding carboxylic acids is 2. The molecule has 43 heavy (non-hydrogen) atoms. The quantitative estimate of drug-likeness (QED) is 0.255. The third kappa shape index (κ3) is 7.70. The minimum absolute atomic E-state index is 0.00749. The number of benzene rings is 1. The standard InChI is InChI=1S/C30H51NO10Si2/c1-17(2)42(18(3)4)36-16-23-26(40-43(41-42,19(5)6)20(7)8)24(32)25(33)28(37-23)38-27(34)21-14-12-13-15-22(21)31-29(35)39-30(9,10)11/h12-15,17-20,23-26,28,32-33H,16H2,1-11H3,(H,31,35)/t23-,24-,25-,26-,28+/m1/s1. The number of para-hydroxylation sites is 1. The molecular weight excluding hydrogens is 590 g/mol. The molecule has 11 nitrogen and oxygen atoms in total. The first-order chi connectivity index (χ1) is 19.8. The summed E-state index contributed by atoms with van der Waals surface area (Å²) in [6.07, 6.45) is -7.13. The number of ether oxygens (including phenoxy) is 3. The summed E-state index contributed by atoms with van der Waals surface area (Å²) < 4.78 is 37.7. The molecule has 1 aromatic rings. The zero-order valence-electron chi connectivity index (χ0n) is 27.4. The maximum absolute atomic E-state index is 13.3. The van der Waals surface area contributed by atoms with Crippen LogP contribution < -0.4 is 5.32 Å². The number of carbonyl (C=O) groups is 2. The van der Waals surface area contributed by atoms with Crippen molar-refractivity contribution in [3.05, 3.63) is 29.8 Å². The lowest BCUT2D eigenvalue weighted by atomic mass is 9.99. The van der Waals surface area contributed by atoms with Crippen LogP contribution in [0.4, 0.5) is 10.5 Å². The summed E-state index contributed by atoms with van der Waals surface area (Å²) in [4.78, 5) is 25.7. The van der Waals surface area contributed by atoms with E-state index in [-0.39, 0.29) is 40.0 Å². The number of aliphatic hydroxyl groups excluding tert-OH is 2. The summed E-state index contributed by atoms with van der Waals surface area (Å²) in [5.41, 5.74) is -0.347. The molecule has 3 rings (SSSR count). The average Bonchev–Trinajstić information content (AvgIpc) is 2.87. The highest BCUT2D eigenvalue weighted by molar-refractivity contribution is 6.84. The summed E-state index contributed by atoms with van der Waals surface area (Å²) in [6.45, 7) is 21.8. The van der Waals surface area contributed by atoms with Gasteiger partial charge >= 0.3 is 29.2 Å². The van der Waals surface area contributed by atoms with Gasteiger partial charge < -0.3 is 37.4 Å². The molecule has 3 N–H and O–H groups in total. The smallest absolute Gasteiger partial charge is 0.412 e. The summed E-state index contributed by atoms with van der Waals surface area (Å²) in [6, 6.07) is 6.26. The highest BCUT2D eigenvalue weighted by atomic mass is 28.5. The molecule has 0 bridgehead atoms. The first-order valence-electron chi connectivity index (χ1n) is 15.2. The maximum atomic E-state index is 13.3. The average molecular weight is 642 g/mol. The molecule has 2 saturated heterocycles. The Balaban J connectivity index is 1.91. The molecular formula is C30H51NO10Si2. The van der Waals surface area contributed by atoms with Gasteiger partial charge in [0.2, 0.25) is 6.29 Å². The fourth-order valence-electron chi connectivity index (χ4n) is 5.77. The second-order valence-electron chi connectivity index (χ2n) is 13.7. The maximum Gasteiger partial charge on any atom is 0.412 e. The Morgan fingerprint density at radius 2 is 1.47 bits per heavy atom. The normalized spacial score (nSPS) is 27.4. The van der Waals surface area contributed by atoms with Crippen LogP contribution in [0.15, 0.2) is 24.3 Å². The van der Waals surface area contributed by atoms with Gasteiger partial charge in [-0.1, -0.05) is 67.5 Å². The van der Waals surface area contributed by atoms with Gasteiger partial charge in [0.25, 0.3) is 0 Å². The van der Waals surface area contributed by atoms with Crippen LogP contribution in [0.2, 0.25) is 22.2 Å². The lowest BCUT2D eigenvalue weighted by Gasteiger charge is -2.54. The highest BCUT2D eigenvalue weighted by Gasteiger charge is 2.61. The van der Waals surface area contributed by atoms with E-state index in [4.69, 9.17) is 27.2 Å². The van der Waals surface area contributed by atoms with Crippen molar-refractivity contribution < 1.29 is 47.0 Å². The fraction of sp³-hybridized carbons (Fsp3) is 0.733. The molecule has 0 saturated carbocycles. The first kappa shape index (κ1) is 35.6. The van der Waals surface area contributed by atoms with Crippen molar-refractivity contribution in [3.8, 4) is 0 Å². The molecule has 2 aliphatic heterocycles. The number of esters is 1. The van der Waals surface area contributed by atoms with Crippen molar-refractivity contribution >= 4 is 34.9 Å². The molecule has 5 atom stereocenters. The van der Waals surface area contributed by atoms with E-state index in [1.807, 2.05) is 0 Å². The van der Waals surface area contributed by atoms with E-state index in [0.717, 1.165) is 0 Å². The minimum atomic E-state index is -3.08. The molecule has 0 radical (unpaired) electrons. The van der Waals surface area contributed by atoms with Gasteiger partial charge in [0.15, 0.2) is 0 Å². The zero-order chi connectivity index (χ0) is 32.5. The Bertz CT molecular complexity index is 1110. The van der Waals surface area contributed by atoms with Gasteiger partial charge in [0, 0.05) is 0 Å². The van der Waals surface area contributed by atoms with E-state index in [1.165, 1.54) is 12.1 Å². The summed E-state index contributed by atoms with van der Waals surface area (Å²) >= 11 is 0. The van der Waals surface area contributed by atoms with Gasteiger partial charge in [-0.2, -0.15) is 0 Å². The Morgan fingerprint density at radius 3 is 2.00 bits per heavy atom. The fourth-order valence-corrected chi connectivity index (χ4v) is 17.0. The Labute approximate surface area is 258 Å². The number of aliphatic hydroxyl groups is 2. The molecule has 0 aromatic heterocycles. The van der Waals surface area contributed by atoms with Gasteiger partial charge in [-0.3, -0.25) is 5.32 Å². The zero-order valence-corrected chi connectivity index (χ0v) is 29.4. The molecule has 0 aliphatic carbocycles. The van der Waals surface area contributed by atoms with Gasteiger partial charge in [0.1, 0.15) is 30.0 Å². The second kappa shape index (κ2) is 13.6. The number of rotatable bonds is 7. The SMILES string of the molecule is CC(C)[Si]1(C(C)C)OC[C@H]2O[C@@H](OC(=O)c3ccccc3NC(=O)OC(C)(C)C)[C@H](O)[C@@H](O)[C@@H]2O[Si](C(C)C)(C(C)C)O1. The van der Waals surface area contributed by atoms with E-state index in [1.54, 1.807) is 32.9 Å². The van der Waals surface area contributed by atoms with Crippen molar-refractivity contribution in [1.29, 1.82) is 0 Å². The molecule has 0 unspecified atom stereocenters. The van der Waals surface area contributed by atoms with E-state index in [2.05, 4.69) is 60.7 Å². The predicted octanol–water partition coefficient (Wildman–Crippen LogP) is 5.59. The van der Waals surface area contributed by atoms with Gasteiger partial charge in [0.05, 0.1) is 17.9 Å². The van der Waals surface area contributed by atoms with Crippen LogP contribution >= 0.6 is 0 Å². The number of nitrogens with one attached hydrogen (secondary N) is 1. The third-order valence-electron chi connectivity index (χ3n) is 7.98. The number of hydrogen-bond acceptors (Lipinski definition) is 10. The lowest BCUT2D eigenvalue weighted by molar-refractivity contribution is -0.285. The largest absolute Gasteiger partial charge is 0.444 e. The van der Waals surface area contributed by atoms with Crippen LogP contribution in [-0.2, 0) is 27.2 Å².